The molecule has 10 heteroatoms. The van der Waals surface area contributed by atoms with Gasteiger partial charge in [0.1, 0.15) is 0 Å². The number of rotatable bonds is 3. The minimum atomic E-state index is -1.57. The summed E-state index contributed by atoms with van der Waals surface area (Å²) in [6.07, 6.45) is 0. The van der Waals surface area contributed by atoms with Gasteiger partial charge in [-0.15, -0.1) is 11.3 Å². The molecule has 0 spiro atoms. The van der Waals surface area contributed by atoms with Gasteiger partial charge >= 0.3 is 17.3 Å². The van der Waals surface area contributed by atoms with Gasteiger partial charge in [0.05, 0.1) is 9.85 Å². The van der Waals surface area contributed by atoms with Gasteiger partial charge in [0.2, 0.25) is 0 Å². The number of nitrogens with zero attached hydrogens (tertiary/aromatic N) is 2. The van der Waals surface area contributed by atoms with Crippen LogP contribution in [-0.4, -0.2) is 20.9 Å². The average molecular weight is 297 g/mol. The minimum absolute atomic E-state index is 0.184. The molecule has 0 radical (unpaired) electrons. The molecule has 0 atom stereocenters. The quantitative estimate of drug-likeness (QED) is 0.672. The third-order valence-corrected chi connectivity index (χ3v) is 3.18. The predicted octanol–water partition coefficient (Wildman–Crippen LogP) is 2.03. The highest BCUT2D eigenvalue weighted by atomic mass is 79.9. The molecule has 0 aliphatic carbocycles. The van der Waals surface area contributed by atoms with Crippen LogP contribution in [0.4, 0.5) is 11.4 Å². The lowest BCUT2D eigenvalue weighted by Gasteiger charge is -1.89. The van der Waals surface area contributed by atoms with Crippen LogP contribution < -0.4 is 0 Å². The van der Waals surface area contributed by atoms with E-state index in [2.05, 4.69) is 15.9 Å². The zero-order valence-electron chi connectivity index (χ0n) is 6.67. The lowest BCUT2D eigenvalue weighted by atomic mass is 10.3. The van der Waals surface area contributed by atoms with E-state index in [4.69, 9.17) is 5.11 Å². The summed E-state index contributed by atoms with van der Waals surface area (Å²) in [5, 5.41) is 29.6. The molecule has 0 aliphatic rings. The summed E-state index contributed by atoms with van der Waals surface area (Å²) in [7, 11) is 0. The van der Waals surface area contributed by atoms with Crippen molar-refractivity contribution in [3.8, 4) is 0 Å². The van der Waals surface area contributed by atoms with Crippen LogP contribution in [0.25, 0.3) is 0 Å². The van der Waals surface area contributed by atoms with Gasteiger partial charge in [-0.25, -0.2) is 4.79 Å². The second kappa shape index (κ2) is 3.90. The molecule has 1 heterocycles. The number of aromatic carboxylic acids is 1. The Hall–Kier alpha value is -1.55. The first-order valence-electron chi connectivity index (χ1n) is 3.20. The Morgan fingerprint density at radius 1 is 1.27 bits per heavy atom. The van der Waals surface area contributed by atoms with Crippen molar-refractivity contribution < 1.29 is 19.7 Å². The maximum Gasteiger partial charge on any atom is 0.372 e. The van der Waals surface area contributed by atoms with Crippen LogP contribution in [0.15, 0.2) is 3.79 Å². The lowest BCUT2D eigenvalue weighted by Crippen LogP contribution is -2.00. The van der Waals surface area contributed by atoms with Gasteiger partial charge in [-0.2, -0.15) is 0 Å². The van der Waals surface area contributed by atoms with Gasteiger partial charge in [-0.05, 0) is 15.9 Å². The third kappa shape index (κ3) is 1.94. The van der Waals surface area contributed by atoms with Crippen molar-refractivity contribution in [1.82, 2.24) is 0 Å². The fraction of sp³-hybridized carbons (Fsp3) is 0. The second-order valence-electron chi connectivity index (χ2n) is 2.22. The van der Waals surface area contributed by atoms with Crippen LogP contribution in [-0.2, 0) is 0 Å². The van der Waals surface area contributed by atoms with Gasteiger partial charge in [0.15, 0.2) is 8.66 Å². The van der Waals surface area contributed by atoms with E-state index in [9.17, 15) is 25.0 Å². The van der Waals surface area contributed by atoms with Crippen molar-refractivity contribution in [1.29, 1.82) is 0 Å². The van der Waals surface area contributed by atoms with Crippen LogP contribution in [0.3, 0.4) is 0 Å². The molecule has 1 N–H and O–H groups in total. The van der Waals surface area contributed by atoms with Gasteiger partial charge in [0, 0.05) is 0 Å². The summed E-state index contributed by atoms with van der Waals surface area (Å²) in [5.41, 5.74) is -1.83. The van der Waals surface area contributed by atoms with Crippen molar-refractivity contribution >= 4 is 44.6 Å². The number of carbonyl (C=O) groups is 1. The lowest BCUT2D eigenvalue weighted by molar-refractivity contribution is -0.422. The average Bonchev–Trinajstić information content (AvgIpc) is 2.42. The fourth-order valence-corrected chi connectivity index (χ4v) is 2.48. The molecule has 0 amide bonds. The number of carboxylic acids is 1. The Morgan fingerprint density at radius 3 is 2.07 bits per heavy atom. The summed E-state index contributed by atoms with van der Waals surface area (Å²) in [5.74, 6) is -1.57. The minimum Gasteiger partial charge on any atom is -0.477 e. The molecule has 0 fully saturated rings. The number of halogens is 1. The monoisotopic (exact) mass is 296 g/mol. The SMILES string of the molecule is O=C(O)c1sc(Br)c([N+](=O)[O-])c1[N+](=O)[O-]. The Bertz CT molecular complexity index is 468. The molecule has 0 saturated heterocycles. The van der Waals surface area contributed by atoms with Crippen molar-refractivity contribution in [2.75, 3.05) is 0 Å². The molecule has 0 aliphatic heterocycles. The predicted molar refractivity (Wildman–Crippen MR) is 52.3 cm³/mol. The van der Waals surface area contributed by atoms with Crippen molar-refractivity contribution in [3.63, 3.8) is 0 Å². The molecule has 1 rings (SSSR count). The number of hydrogen-bond donors (Lipinski definition) is 1. The summed E-state index contributed by atoms with van der Waals surface area (Å²) < 4.78 is -0.184. The van der Waals surface area contributed by atoms with Gasteiger partial charge in [0.25, 0.3) is 0 Å². The molecule has 0 aromatic carbocycles. The highest BCUT2D eigenvalue weighted by molar-refractivity contribution is 9.11. The number of nitro groups is 2. The van der Waals surface area contributed by atoms with E-state index < -0.39 is 32.1 Å². The smallest absolute Gasteiger partial charge is 0.372 e. The van der Waals surface area contributed by atoms with E-state index in [-0.39, 0.29) is 3.79 Å². The third-order valence-electron chi connectivity index (χ3n) is 1.38. The number of hydrogen-bond acceptors (Lipinski definition) is 6. The number of thiophene rings is 1. The Balaban J connectivity index is 3.59. The van der Waals surface area contributed by atoms with Crippen LogP contribution in [0, 0.1) is 20.2 Å². The first-order valence-corrected chi connectivity index (χ1v) is 4.81. The topological polar surface area (TPSA) is 124 Å². The maximum atomic E-state index is 10.6. The van der Waals surface area contributed by atoms with Gasteiger partial charge in [-0.3, -0.25) is 20.2 Å². The highest BCUT2D eigenvalue weighted by Crippen LogP contribution is 2.44. The Kier molecular flexibility index (Phi) is 3.00. The van der Waals surface area contributed by atoms with E-state index in [1.807, 2.05) is 0 Å². The van der Waals surface area contributed by atoms with Crippen LogP contribution in [0.5, 0.6) is 0 Å². The fourth-order valence-electron chi connectivity index (χ4n) is 0.859. The standard InChI is InChI=1S/C5HBrN2O6S/c6-4-2(8(13)14)1(7(11)12)3(15-4)5(9)10/h(H,9,10). The summed E-state index contributed by atoms with van der Waals surface area (Å²) in [6, 6.07) is 0. The summed E-state index contributed by atoms with van der Waals surface area (Å²) in [4.78, 5) is 28.8. The maximum absolute atomic E-state index is 10.6. The van der Waals surface area contributed by atoms with E-state index in [0.29, 0.717) is 11.3 Å². The van der Waals surface area contributed by atoms with Crippen molar-refractivity contribution in [2.45, 2.75) is 0 Å². The Morgan fingerprint density at radius 2 is 1.73 bits per heavy atom. The Labute approximate surface area is 93.6 Å². The second-order valence-corrected chi connectivity index (χ2v) is 4.56. The first kappa shape index (κ1) is 11.5. The summed E-state index contributed by atoms with van der Waals surface area (Å²) >= 11 is 3.15. The van der Waals surface area contributed by atoms with E-state index in [1.54, 1.807) is 0 Å². The zero-order chi connectivity index (χ0) is 11.7. The van der Waals surface area contributed by atoms with Crippen LogP contribution >= 0.6 is 27.3 Å². The molecule has 8 nitrogen and oxygen atoms in total. The van der Waals surface area contributed by atoms with Crippen LogP contribution in [0.2, 0.25) is 0 Å². The molecule has 0 unspecified atom stereocenters. The largest absolute Gasteiger partial charge is 0.477 e. The summed E-state index contributed by atoms with van der Waals surface area (Å²) in [6.45, 7) is 0. The molecule has 1 aromatic rings. The highest BCUT2D eigenvalue weighted by Gasteiger charge is 2.38. The molecule has 0 bridgehead atoms. The zero-order valence-corrected chi connectivity index (χ0v) is 9.07. The molecule has 0 saturated carbocycles. The van der Waals surface area contributed by atoms with E-state index >= 15 is 0 Å². The van der Waals surface area contributed by atoms with Crippen molar-refractivity contribution in [3.05, 3.63) is 28.9 Å². The number of carboxylic acid groups (broad SMARTS) is 1. The molecule has 1 aromatic heterocycles. The van der Waals surface area contributed by atoms with E-state index in [1.165, 1.54) is 0 Å². The normalized spacial score (nSPS) is 9.93. The van der Waals surface area contributed by atoms with E-state index in [0.717, 1.165) is 0 Å². The molecule has 80 valence electrons. The molecular weight excluding hydrogens is 296 g/mol. The van der Waals surface area contributed by atoms with Crippen molar-refractivity contribution in [2.24, 2.45) is 0 Å². The first-order chi connectivity index (χ1) is 6.86. The van der Waals surface area contributed by atoms with Crippen LogP contribution in [0.1, 0.15) is 9.67 Å². The molecular formula is C5HBrN2O6S. The molecule has 15 heavy (non-hydrogen) atoms. The van der Waals surface area contributed by atoms with Gasteiger partial charge in [-0.1, -0.05) is 0 Å². The van der Waals surface area contributed by atoms with Gasteiger partial charge < -0.3 is 5.11 Å².